The van der Waals surface area contributed by atoms with Crippen molar-refractivity contribution in [1.82, 2.24) is 0 Å². The Hall–Kier alpha value is -0.870. The van der Waals surface area contributed by atoms with Crippen LogP contribution < -0.4 is 11.1 Å². The van der Waals surface area contributed by atoms with E-state index in [2.05, 4.69) is 21.2 Å². The van der Waals surface area contributed by atoms with Gasteiger partial charge in [-0.3, -0.25) is 4.79 Å². The van der Waals surface area contributed by atoms with Crippen LogP contribution in [0.3, 0.4) is 0 Å². The lowest BCUT2D eigenvalue weighted by Crippen LogP contribution is -2.15. The third-order valence-corrected chi connectivity index (χ3v) is 1.97. The van der Waals surface area contributed by atoms with E-state index in [1.54, 1.807) is 0 Å². The second-order valence-corrected chi connectivity index (χ2v) is 3.51. The number of amides is 1. The van der Waals surface area contributed by atoms with Crippen LogP contribution in [-0.4, -0.2) is 12.5 Å². The summed E-state index contributed by atoms with van der Waals surface area (Å²) >= 11 is 3.32. The molecule has 0 unspecified atom stereocenters. The fourth-order valence-electron chi connectivity index (χ4n) is 0.921. The van der Waals surface area contributed by atoms with E-state index in [1.807, 2.05) is 24.3 Å². The van der Waals surface area contributed by atoms with Gasteiger partial charge in [-0.15, -0.1) is 0 Å². The van der Waals surface area contributed by atoms with Crippen LogP contribution in [0.15, 0.2) is 28.7 Å². The van der Waals surface area contributed by atoms with Gasteiger partial charge in [0.25, 0.3) is 0 Å². The van der Waals surface area contributed by atoms with Crippen molar-refractivity contribution in [1.29, 1.82) is 0 Å². The number of rotatable bonds is 3. The van der Waals surface area contributed by atoms with Gasteiger partial charge in [0.15, 0.2) is 0 Å². The lowest BCUT2D eigenvalue weighted by atomic mass is 10.3. The van der Waals surface area contributed by atoms with Gasteiger partial charge in [0.1, 0.15) is 0 Å². The van der Waals surface area contributed by atoms with Gasteiger partial charge in [-0.2, -0.15) is 0 Å². The average Bonchev–Trinajstić information content (AvgIpc) is 2.04. The number of nitrogens with two attached hydrogens (primary N) is 1. The number of carbonyl (C=O) groups is 1. The fraction of sp³-hybridized carbons (Fsp3) is 0.222. The summed E-state index contributed by atoms with van der Waals surface area (Å²) < 4.78 is 0.943. The van der Waals surface area contributed by atoms with E-state index in [0.29, 0.717) is 13.0 Å². The van der Waals surface area contributed by atoms with Gasteiger partial charge in [0.2, 0.25) is 5.91 Å². The first-order valence-electron chi connectivity index (χ1n) is 3.98. The normalized spacial score (nSPS) is 9.69. The van der Waals surface area contributed by atoms with Crippen molar-refractivity contribution in [2.24, 2.45) is 5.73 Å². The SMILES string of the molecule is NCCC(=O)Nc1cccc(Br)c1. The molecule has 0 aliphatic carbocycles. The van der Waals surface area contributed by atoms with Gasteiger partial charge in [0.05, 0.1) is 0 Å². The van der Waals surface area contributed by atoms with E-state index in [1.165, 1.54) is 0 Å². The van der Waals surface area contributed by atoms with Gasteiger partial charge < -0.3 is 11.1 Å². The number of benzene rings is 1. The molecular formula is C9H11BrN2O. The predicted molar refractivity (Wildman–Crippen MR) is 56.4 cm³/mol. The van der Waals surface area contributed by atoms with Crippen LogP contribution in [0.2, 0.25) is 0 Å². The van der Waals surface area contributed by atoms with E-state index in [0.717, 1.165) is 10.2 Å². The monoisotopic (exact) mass is 242 g/mol. The lowest BCUT2D eigenvalue weighted by Gasteiger charge is -2.03. The van der Waals surface area contributed by atoms with Crippen LogP contribution in [0.5, 0.6) is 0 Å². The molecule has 0 aliphatic heterocycles. The molecule has 0 heterocycles. The molecule has 13 heavy (non-hydrogen) atoms. The van der Waals surface area contributed by atoms with Crippen LogP contribution in [-0.2, 0) is 4.79 Å². The quantitative estimate of drug-likeness (QED) is 0.849. The van der Waals surface area contributed by atoms with Gasteiger partial charge in [0, 0.05) is 23.1 Å². The van der Waals surface area contributed by atoms with Crippen molar-refractivity contribution in [3.8, 4) is 0 Å². The van der Waals surface area contributed by atoms with Crippen molar-refractivity contribution in [2.45, 2.75) is 6.42 Å². The maximum Gasteiger partial charge on any atom is 0.225 e. The van der Waals surface area contributed by atoms with E-state index in [4.69, 9.17) is 5.73 Å². The summed E-state index contributed by atoms with van der Waals surface area (Å²) in [6, 6.07) is 7.44. The van der Waals surface area contributed by atoms with Gasteiger partial charge >= 0.3 is 0 Å². The Bertz CT molecular complexity index is 301. The number of nitrogens with one attached hydrogen (secondary N) is 1. The first-order chi connectivity index (χ1) is 6.22. The minimum absolute atomic E-state index is 0.0550. The minimum Gasteiger partial charge on any atom is -0.330 e. The third-order valence-electron chi connectivity index (χ3n) is 1.48. The van der Waals surface area contributed by atoms with E-state index < -0.39 is 0 Å². The summed E-state index contributed by atoms with van der Waals surface area (Å²) in [6.07, 6.45) is 0.354. The smallest absolute Gasteiger partial charge is 0.225 e. The average molecular weight is 243 g/mol. The number of hydrogen-bond donors (Lipinski definition) is 2. The van der Waals surface area contributed by atoms with Crippen LogP contribution >= 0.6 is 15.9 Å². The summed E-state index contributed by atoms with van der Waals surface area (Å²) in [5.74, 6) is -0.0550. The second-order valence-electron chi connectivity index (χ2n) is 2.60. The van der Waals surface area contributed by atoms with Crippen molar-refractivity contribution in [3.05, 3.63) is 28.7 Å². The molecule has 0 fully saturated rings. The highest BCUT2D eigenvalue weighted by atomic mass is 79.9. The number of hydrogen-bond acceptors (Lipinski definition) is 2. The molecule has 0 spiro atoms. The molecular weight excluding hydrogens is 232 g/mol. The molecule has 1 aromatic rings. The highest BCUT2D eigenvalue weighted by Crippen LogP contribution is 2.15. The molecule has 3 nitrogen and oxygen atoms in total. The topological polar surface area (TPSA) is 55.1 Å². The van der Waals surface area contributed by atoms with E-state index in [9.17, 15) is 4.79 Å². The molecule has 4 heteroatoms. The fourth-order valence-corrected chi connectivity index (χ4v) is 1.32. The van der Waals surface area contributed by atoms with Crippen LogP contribution in [0.25, 0.3) is 0 Å². The van der Waals surface area contributed by atoms with Crippen molar-refractivity contribution in [3.63, 3.8) is 0 Å². The Morgan fingerprint density at radius 3 is 2.92 bits per heavy atom. The molecule has 0 saturated carbocycles. The highest BCUT2D eigenvalue weighted by Gasteiger charge is 1.99. The Morgan fingerprint density at radius 2 is 2.31 bits per heavy atom. The van der Waals surface area contributed by atoms with Gasteiger partial charge in [-0.05, 0) is 18.2 Å². The maximum atomic E-state index is 11.1. The number of anilines is 1. The van der Waals surface area contributed by atoms with Crippen LogP contribution in [0, 0.1) is 0 Å². The van der Waals surface area contributed by atoms with E-state index in [-0.39, 0.29) is 5.91 Å². The van der Waals surface area contributed by atoms with Crippen molar-refractivity contribution in [2.75, 3.05) is 11.9 Å². The summed E-state index contributed by atoms with van der Waals surface area (Å²) in [5, 5.41) is 2.73. The van der Waals surface area contributed by atoms with Gasteiger partial charge in [-0.25, -0.2) is 0 Å². The summed E-state index contributed by atoms with van der Waals surface area (Å²) in [7, 11) is 0. The van der Waals surface area contributed by atoms with Crippen molar-refractivity contribution < 1.29 is 4.79 Å². The standard InChI is InChI=1S/C9H11BrN2O/c10-7-2-1-3-8(6-7)12-9(13)4-5-11/h1-3,6H,4-5,11H2,(H,12,13). The zero-order valence-corrected chi connectivity index (χ0v) is 8.67. The lowest BCUT2D eigenvalue weighted by molar-refractivity contribution is -0.116. The number of carbonyl (C=O) groups excluding carboxylic acids is 1. The van der Waals surface area contributed by atoms with Gasteiger partial charge in [-0.1, -0.05) is 22.0 Å². The Labute approximate surface area is 85.4 Å². The zero-order valence-electron chi connectivity index (χ0n) is 7.09. The van der Waals surface area contributed by atoms with Crippen LogP contribution in [0.4, 0.5) is 5.69 Å². The second kappa shape index (κ2) is 4.99. The molecule has 70 valence electrons. The molecule has 0 bridgehead atoms. The molecule has 0 atom stereocenters. The molecule has 0 aromatic heterocycles. The highest BCUT2D eigenvalue weighted by molar-refractivity contribution is 9.10. The largest absolute Gasteiger partial charge is 0.330 e. The Kier molecular flexibility index (Phi) is 3.92. The molecule has 3 N–H and O–H groups in total. The first-order valence-corrected chi connectivity index (χ1v) is 4.77. The van der Waals surface area contributed by atoms with Crippen LogP contribution in [0.1, 0.15) is 6.42 Å². The zero-order chi connectivity index (χ0) is 9.68. The summed E-state index contributed by atoms with van der Waals surface area (Å²) in [5.41, 5.74) is 6.03. The summed E-state index contributed by atoms with van der Waals surface area (Å²) in [6.45, 7) is 0.375. The third kappa shape index (κ3) is 3.57. The van der Waals surface area contributed by atoms with Crippen molar-refractivity contribution >= 4 is 27.5 Å². The molecule has 1 rings (SSSR count). The van der Waals surface area contributed by atoms with E-state index >= 15 is 0 Å². The maximum absolute atomic E-state index is 11.1. The minimum atomic E-state index is -0.0550. The predicted octanol–water partition coefficient (Wildman–Crippen LogP) is 1.74. The summed E-state index contributed by atoms with van der Waals surface area (Å²) in [4.78, 5) is 11.1. The Balaban J connectivity index is 2.58. The molecule has 1 amide bonds. The molecule has 0 radical (unpaired) electrons. The number of halogens is 1. The molecule has 0 aliphatic rings. The Morgan fingerprint density at radius 1 is 1.54 bits per heavy atom. The molecule has 0 saturated heterocycles. The first kappa shape index (κ1) is 10.2. The molecule has 1 aromatic carbocycles.